The van der Waals surface area contributed by atoms with Crippen LogP contribution < -0.4 is 0 Å². The summed E-state index contributed by atoms with van der Waals surface area (Å²) in [6.45, 7) is 5.59. The molecular weight excluding hydrogens is 250 g/mol. The van der Waals surface area contributed by atoms with Gasteiger partial charge in [0, 0.05) is 24.5 Å². The summed E-state index contributed by atoms with van der Waals surface area (Å²) in [5.74, 6) is 0. The summed E-state index contributed by atoms with van der Waals surface area (Å²) < 4.78 is 5.65. The highest BCUT2D eigenvalue weighted by atomic mass is 35.5. The topological polar surface area (TPSA) is 32.7 Å². The highest BCUT2D eigenvalue weighted by Crippen LogP contribution is 2.16. The van der Waals surface area contributed by atoms with Gasteiger partial charge in [-0.1, -0.05) is 30.7 Å². The Morgan fingerprint density at radius 3 is 3.11 bits per heavy atom. The molecule has 0 spiro atoms. The third-order valence-electron chi connectivity index (χ3n) is 3.39. The van der Waals surface area contributed by atoms with Crippen LogP contribution in [0.1, 0.15) is 12.5 Å². The van der Waals surface area contributed by atoms with Crippen molar-refractivity contribution >= 4 is 11.6 Å². The van der Waals surface area contributed by atoms with Crippen LogP contribution in [-0.2, 0) is 11.2 Å². The number of morpholine rings is 1. The van der Waals surface area contributed by atoms with Gasteiger partial charge in [-0.05, 0) is 24.2 Å². The first-order valence-electron chi connectivity index (χ1n) is 6.45. The Morgan fingerprint density at radius 1 is 1.56 bits per heavy atom. The minimum absolute atomic E-state index is 0.0994. The lowest BCUT2D eigenvalue weighted by Crippen LogP contribution is -2.48. The largest absolute Gasteiger partial charge is 0.390 e. The fourth-order valence-corrected chi connectivity index (χ4v) is 2.50. The molecule has 1 aromatic carbocycles. The Morgan fingerprint density at radius 2 is 2.39 bits per heavy atom. The van der Waals surface area contributed by atoms with Crippen molar-refractivity contribution in [2.24, 2.45) is 0 Å². The predicted octanol–water partition coefficient (Wildman–Crippen LogP) is 1.96. The Labute approximate surface area is 113 Å². The van der Waals surface area contributed by atoms with E-state index in [-0.39, 0.29) is 6.10 Å². The van der Waals surface area contributed by atoms with E-state index in [4.69, 9.17) is 16.3 Å². The van der Waals surface area contributed by atoms with E-state index in [1.54, 1.807) is 0 Å². The molecule has 2 unspecified atom stereocenters. The highest BCUT2D eigenvalue weighted by molar-refractivity contribution is 6.30. The summed E-state index contributed by atoms with van der Waals surface area (Å²) in [7, 11) is 0. The zero-order valence-corrected chi connectivity index (χ0v) is 11.4. The summed E-state index contributed by atoms with van der Waals surface area (Å²) in [4.78, 5) is 2.30. The molecule has 0 aromatic heterocycles. The third kappa shape index (κ3) is 3.69. The first-order valence-corrected chi connectivity index (χ1v) is 6.83. The number of aliphatic hydroxyl groups is 1. The van der Waals surface area contributed by atoms with Gasteiger partial charge in [-0.25, -0.2) is 0 Å². The molecule has 18 heavy (non-hydrogen) atoms. The van der Waals surface area contributed by atoms with Gasteiger partial charge in [0.05, 0.1) is 18.8 Å². The van der Waals surface area contributed by atoms with E-state index in [1.165, 1.54) is 0 Å². The van der Waals surface area contributed by atoms with Gasteiger partial charge in [0.1, 0.15) is 0 Å². The van der Waals surface area contributed by atoms with E-state index >= 15 is 0 Å². The maximum absolute atomic E-state index is 10.2. The molecule has 1 fully saturated rings. The van der Waals surface area contributed by atoms with Crippen molar-refractivity contribution < 1.29 is 9.84 Å². The molecular formula is C14H20ClNO2. The second kappa shape index (κ2) is 6.53. The minimum atomic E-state index is -0.474. The van der Waals surface area contributed by atoms with Crippen LogP contribution in [-0.4, -0.2) is 48.5 Å². The minimum Gasteiger partial charge on any atom is -0.390 e. The van der Waals surface area contributed by atoms with Gasteiger partial charge in [0.15, 0.2) is 0 Å². The molecule has 0 saturated carbocycles. The lowest BCUT2D eigenvalue weighted by molar-refractivity contribution is -0.0867. The summed E-state index contributed by atoms with van der Waals surface area (Å²) in [5, 5.41) is 10.9. The summed E-state index contributed by atoms with van der Waals surface area (Å²) in [5.41, 5.74) is 1.05. The number of ether oxygens (including phenoxy) is 1. The number of aliphatic hydroxyl groups excluding tert-OH is 1. The third-order valence-corrected chi connectivity index (χ3v) is 3.62. The lowest BCUT2D eigenvalue weighted by atomic mass is 10.0. The zero-order valence-electron chi connectivity index (χ0n) is 10.7. The van der Waals surface area contributed by atoms with E-state index in [1.807, 2.05) is 24.3 Å². The van der Waals surface area contributed by atoms with Gasteiger partial charge in [-0.2, -0.15) is 0 Å². The van der Waals surface area contributed by atoms with Crippen LogP contribution in [0.3, 0.4) is 0 Å². The fraction of sp³-hybridized carbons (Fsp3) is 0.571. The molecule has 2 atom stereocenters. The second-order valence-corrected chi connectivity index (χ2v) is 5.14. The lowest BCUT2D eigenvalue weighted by Gasteiger charge is -2.34. The molecule has 0 bridgehead atoms. The Bertz CT molecular complexity index is 386. The van der Waals surface area contributed by atoms with Crippen LogP contribution in [0.2, 0.25) is 5.02 Å². The average Bonchev–Trinajstić information content (AvgIpc) is 2.39. The summed E-state index contributed by atoms with van der Waals surface area (Å²) in [6, 6.07) is 7.62. The molecule has 1 aliphatic rings. The maximum Gasteiger partial charge on any atom is 0.0964 e. The summed E-state index contributed by atoms with van der Waals surface area (Å²) >= 11 is 5.94. The van der Waals surface area contributed by atoms with E-state index in [0.29, 0.717) is 18.1 Å². The van der Waals surface area contributed by atoms with Crippen LogP contribution in [0.5, 0.6) is 0 Å². The standard InChI is InChI=1S/C14H20ClNO2/c1-2-16-6-7-18-14(10-16)13(17)9-11-4-3-5-12(15)8-11/h3-5,8,13-14,17H,2,6-7,9-10H2,1H3. The zero-order chi connectivity index (χ0) is 13.0. The highest BCUT2D eigenvalue weighted by Gasteiger charge is 2.26. The quantitative estimate of drug-likeness (QED) is 0.907. The molecule has 1 aromatic rings. The summed E-state index contributed by atoms with van der Waals surface area (Å²) in [6.07, 6.45) is 0.0125. The Balaban J connectivity index is 1.93. The van der Waals surface area contributed by atoms with Crippen molar-refractivity contribution in [3.05, 3.63) is 34.9 Å². The normalized spacial score (nSPS) is 22.9. The molecule has 0 radical (unpaired) electrons. The maximum atomic E-state index is 10.2. The molecule has 0 aliphatic carbocycles. The number of hydrogen-bond donors (Lipinski definition) is 1. The fourth-order valence-electron chi connectivity index (χ4n) is 2.29. The van der Waals surface area contributed by atoms with Crippen LogP contribution in [0.25, 0.3) is 0 Å². The Hall–Kier alpha value is -0.610. The molecule has 3 nitrogen and oxygen atoms in total. The van der Waals surface area contributed by atoms with Crippen LogP contribution in [0.4, 0.5) is 0 Å². The Kier molecular flexibility index (Phi) is 5.01. The van der Waals surface area contributed by atoms with Crippen LogP contribution in [0.15, 0.2) is 24.3 Å². The van der Waals surface area contributed by atoms with E-state index in [2.05, 4.69) is 11.8 Å². The van der Waals surface area contributed by atoms with Crippen LogP contribution in [0, 0.1) is 0 Å². The number of benzene rings is 1. The van der Waals surface area contributed by atoms with Gasteiger partial charge < -0.3 is 9.84 Å². The van der Waals surface area contributed by atoms with Crippen molar-refractivity contribution in [2.45, 2.75) is 25.6 Å². The average molecular weight is 270 g/mol. The van der Waals surface area contributed by atoms with Gasteiger partial charge >= 0.3 is 0 Å². The van der Waals surface area contributed by atoms with Gasteiger partial charge in [-0.3, -0.25) is 4.90 Å². The number of halogens is 1. The second-order valence-electron chi connectivity index (χ2n) is 4.70. The molecule has 1 heterocycles. The van der Waals surface area contributed by atoms with Crippen molar-refractivity contribution in [1.29, 1.82) is 0 Å². The number of rotatable bonds is 4. The molecule has 1 saturated heterocycles. The smallest absolute Gasteiger partial charge is 0.0964 e. The van der Waals surface area contributed by atoms with Crippen molar-refractivity contribution in [1.82, 2.24) is 4.90 Å². The molecule has 4 heteroatoms. The van der Waals surface area contributed by atoms with Gasteiger partial charge in [0.25, 0.3) is 0 Å². The number of likely N-dealkylation sites (N-methyl/N-ethyl adjacent to an activating group) is 1. The van der Waals surface area contributed by atoms with Crippen molar-refractivity contribution in [3.63, 3.8) is 0 Å². The van der Waals surface area contributed by atoms with E-state index < -0.39 is 6.10 Å². The first kappa shape index (κ1) is 13.8. The molecule has 1 aliphatic heterocycles. The van der Waals surface area contributed by atoms with Gasteiger partial charge in [-0.15, -0.1) is 0 Å². The first-order chi connectivity index (χ1) is 8.69. The predicted molar refractivity (Wildman–Crippen MR) is 73.0 cm³/mol. The number of nitrogens with zero attached hydrogens (tertiary/aromatic N) is 1. The molecule has 0 amide bonds. The monoisotopic (exact) mass is 269 g/mol. The van der Waals surface area contributed by atoms with E-state index in [0.717, 1.165) is 25.2 Å². The molecule has 2 rings (SSSR count). The molecule has 100 valence electrons. The van der Waals surface area contributed by atoms with Crippen molar-refractivity contribution in [3.8, 4) is 0 Å². The van der Waals surface area contributed by atoms with Crippen LogP contribution >= 0.6 is 11.6 Å². The van der Waals surface area contributed by atoms with E-state index in [9.17, 15) is 5.11 Å². The number of hydrogen-bond acceptors (Lipinski definition) is 3. The van der Waals surface area contributed by atoms with Crippen molar-refractivity contribution in [2.75, 3.05) is 26.2 Å². The molecule has 1 N–H and O–H groups in total. The van der Waals surface area contributed by atoms with Gasteiger partial charge in [0.2, 0.25) is 0 Å². The SMILES string of the molecule is CCN1CCOC(C(O)Cc2cccc(Cl)c2)C1.